The van der Waals surface area contributed by atoms with Crippen LogP contribution in [0.4, 0.5) is 0 Å². The lowest BCUT2D eigenvalue weighted by molar-refractivity contribution is 0.532. The van der Waals surface area contributed by atoms with Gasteiger partial charge < -0.3 is 9.88 Å². The Morgan fingerprint density at radius 3 is 2.52 bits per heavy atom. The topological polar surface area (TPSA) is 17.0 Å². The standard InChI is InChI=1S/C19H30N2/c1-15(2)12-20-11-7-8-17-14-21(13-16(3)4)19-10-6-5-9-18(17)19/h5-6,9-10,14-16,20H,7-8,11-13H2,1-4H3. The predicted octanol–water partition coefficient (Wildman–Crippen LogP) is 4.48. The highest BCUT2D eigenvalue weighted by Crippen LogP contribution is 2.23. The fraction of sp³-hybridized carbons (Fsp3) is 0.579. The van der Waals surface area contributed by atoms with Crippen molar-refractivity contribution < 1.29 is 0 Å². The molecule has 0 saturated carbocycles. The summed E-state index contributed by atoms with van der Waals surface area (Å²) in [5.74, 6) is 1.42. The second kappa shape index (κ2) is 7.65. The third-order valence-electron chi connectivity index (χ3n) is 3.79. The van der Waals surface area contributed by atoms with Gasteiger partial charge >= 0.3 is 0 Å². The first-order valence-electron chi connectivity index (χ1n) is 8.35. The molecule has 0 spiro atoms. The minimum atomic E-state index is 0.682. The van der Waals surface area contributed by atoms with E-state index in [2.05, 4.69) is 68.0 Å². The second-order valence-corrected chi connectivity index (χ2v) is 6.92. The Balaban J connectivity index is 2.02. The summed E-state index contributed by atoms with van der Waals surface area (Å²) < 4.78 is 2.43. The van der Waals surface area contributed by atoms with Crippen molar-refractivity contribution in [3.63, 3.8) is 0 Å². The van der Waals surface area contributed by atoms with Gasteiger partial charge in [0, 0.05) is 23.6 Å². The van der Waals surface area contributed by atoms with Crippen molar-refractivity contribution in [3.05, 3.63) is 36.0 Å². The van der Waals surface area contributed by atoms with Crippen LogP contribution in [0.25, 0.3) is 10.9 Å². The van der Waals surface area contributed by atoms with Gasteiger partial charge in [-0.05, 0) is 49.4 Å². The summed E-state index contributed by atoms with van der Waals surface area (Å²) in [7, 11) is 0. The summed E-state index contributed by atoms with van der Waals surface area (Å²) >= 11 is 0. The fourth-order valence-corrected chi connectivity index (χ4v) is 2.86. The Bertz CT molecular complexity index is 552. The molecule has 116 valence electrons. The zero-order valence-electron chi connectivity index (χ0n) is 14.0. The molecule has 0 radical (unpaired) electrons. The first-order chi connectivity index (χ1) is 10.1. The Morgan fingerprint density at radius 1 is 1.05 bits per heavy atom. The molecule has 2 nitrogen and oxygen atoms in total. The monoisotopic (exact) mass is 286 g/mol. The van der Waals surface area contributed by atoms with E-state index >= 15 is 0 Å². The lowest BCUT2D eigenvalue weighted by Gasteiger charge is -2.07. The molecule has 21 heavy (non-hydrogen) atoms. The lowest BCUT2D eigenvalue weighted by atomic mass is 10.1. The number of rotatable bonds is 8. The number of nitrogens with one attached hydrogen (secondary N) is 1. The maximum Gasteiger partial charge on any atom is 0.0483 e. The molecule has 0 aliphatic carbocycles. The molecule has 0 saturated heterocycles. The zero-order valence-corrected chi connectivity index (χ0v) is 14.0. The average molecular weight is 286 g/mol. The van der Waals surface area contributed by atoms with Crippen LogP contribution in [-0.2, 0) is 13.0 Å². The summed E-state index contributed by atoms with van der Waals surface area (Å²) in [5, 5.41) is 4.97. The Morgan fingerprint density at radius 2 is 1.81 bits per heavy atom. The molecule has 0 atom stereocenters. The number of aromatic nitrogens is 1. The highest BCUT2D eigenvalue weighted by molar-refractivity contribution is 5.83. The van der Waals surface area contributed by atoms with Crippen molar-refractivity contribution in [1.29, 1.82) is 0 Å². The number of fused-ring (bicyclic) bond motifs is 1. The van der Waals surface area contributed by atoms with E-state index in [4.69, 9.17) is 0 Å². The van der Waals surface area contributed by atoms with Crippen LogP contribution in [0.5, 0.6) is 0 Å². The van der Waals surface area contributed by atoms with E-state index in [1.807, 2.05) is 0 Å². The van der Waals surface area contributed by atoms with Crippen LogP contribution in [-0.4, -0.2) is 17.7 Å². The summed E-state index contributed by atoms with van der Waals surface area (Å²) in [4.78, 5) is 0. The van der Waals surface area contributed by atoms with Crippen molar-refractivity contribution in [2.45, 2.75) is 47.1 Å². The minimum Gasteiger partial charge on any atom is -0.347 e. The van der Waals surface area contributed by atoms with E-state index in [0.717, 1.165) is 32.0 Å². The van der Waals surface area contributed by atoms with Crippen molar-refractivity contribution >= 4 is 10.9 Å². The number of aryl methyl sites for hydroxylation is 1. The summed E-state index contributed by atoms with van der Waals surface area (Å²) in [6.07, 6.45) is 4.74. The number of para-hydroxylation sites is 1. The molecule has 2 heteroatoms. The molecule has 0 aliphatic heterocycles. The number of nitrogens with zero attached hydrogens (tertiary/aromatic N) is 1. The lowest BCUT2D eigenvalue weighted by Crippen LogP contribution is -2.21. The van der Waals surface area contributed by atoms with E-state index in [0.29, 0.717) is 5.92 Å². The number of hydrogen-bond acceptors (Lipinski definition) is 1. The van der Waals surface area contributed by atoms with Crippen LogP contribution in [0.1, 0.15) is 39.7 Å². The van der Waals surface area contributed by atoms with Gasteiger partial charge in [-0.15, -0.1) is 0 Å². The van der Waals surface area contributed by atoms with Gasteiger partial charge in [0.05, 0.1) is 0 Å². The smallest absolute Gasteiger partial charge is 0.0483 e. The van der Waals surface area contributed by atoms with Crippen LogP contribution >= 0.6 is 0 Å². The van der Waals surface area contributed by atoms with Gasteiger partial charge in [-0.3, -0.25) is 0 Å². The van der Waals surface area contributed by atoms with Crippen molar-refractivity contribution in [3.8, 4) is 0 Å². The maximum atomic E-state index is 3.54. The molecule has 2 rings (SSSR count). The molecule has 0 bridgehead atoms. The average Bonchev–Trinajstić information content (AvgIpc) is 2.76. The second-order valence-electron chi connectivity index (χ2n) is 6.92. The molecule has 0 fully saturated rings. The van der Waals surface area contributed by atoms with Gasteiger partial charge in [0.25, 0.3) is 0 Å². The maximum absolute atomic E-state index is 3.54. The third kappa shape index (κ3) is 4.60. The van der Waals surface area contributed by atoms with Gasteiger partial charge in [0.2, 0.25) is 0 Å². The third-order valence-corrected chi connectivity index (χ3v) is 3.79. The molecule has 1 aromatic carbocycles. The molecule has 0 aliphatic rings. The van der Waals surface area contributed by atoms with Crippen molar-refractivity contribution in [1.82, 2.24) is 9.88 Å². The van der Waals surface area contributed by atoms with E-state index < -0.39 is 0 Å². The summed E-state index contributed by atoms with van der Waals surface area (Å²) in [6.45, 7) is 12.4. The number of hydrogen-bond donors (Lipinski definition) is 1. The largest absolute Gasteiger partial charge is 0.347 e. The highest BCUT2D eigenvalue weighted by atomic mass is 15.0. The molecule has 1 heterocycles. The van der Waals surface area contributed by atoms with Gasteiger partial charge in [-0.25, -0.2) is 0 Å². The first kappa shape index (κ1) is 16.1. The summed E-state index contributed by atoms with van der Waals surface area (Å²) in [5.41, 5.74) is 2.88. The van der Waals surface area contributed by atoms with Gasteiger partial charge in [-0.2, -0.15) is 0 Å². The minimum absolute atomic E-state index is 0.682. The molecule has 2 aromatic rings. The number of benzene rings is 1. The SMILES string of the molecule is CC(C)CNCCCc1cn(CC(C)C)c2ccccc12. The molecule has 0 amide bonds. The van der Waals surface area contributed by atoms with E-state index in [1.165, 1.54) is 22.9 Å². The predicted molar refractivity (Wildman–Crippen MR) is 92.8 cm³/mol. The van der Waals surface area contributed by atoms with Crippen LogP contribution in [0.2, 0.25) is 0 Å². The molecule has 1 aromatic heterocycles. The molecular weight excluding hydrogens is 256 g/mol. The van der Waals surface area contributed by atoms with Crippen LogP contribution in [0, 0.1) is 11.8 Å². The Labute approximate surface area is 129 Å². The molecule has 1 N–H and O–H groups in total. The van der Waals surface area contributed by atoms with Gasteiger partial charge in [-0.1, -0.05) is 45.9 Å². The normalized spacial score (nSPS) is 11.9. The summed E-state index contributed by atoms with van der Waals surface area (Å²) in [6, 6.07) is 8.82. The highest BCUT2D eigenvalue weighted by Gasteiger charge is 2.08. The van der Waals surface area contributed by atoms with Crippen molar-refractivity contribution in [2.24, 2.45) is 11.8 Å². The van der Waals surface area contributed by atoms with Gasteiger partial charge in [0.1, 0.15) is 0 Å². The Hall–Kier alpha value is -1.28. The molecule has 0 unspecified atom stereocenters. The van der Waals surface area contributed by atoms with Crippen LogP contribution in [0.3, 0.4) is 0 Å². The first-order valence-corrected chi connectivity index (χ1v) is 8.35. The van der Waals surface area contributed by atoms with Crippen LogP contribution < -0.4 is 5.32 Å². The van der Waals surface area contributed by atoms with E-state index in [1.54, 1.807) is 0 Å². The van der Waals surface area contributed by atoms with Crippen LogP contribution in [0.15, 0.2) is 30.5 Å². The van der Waals surface area contributed by atoms with E-state index in [-0.39, 0.29) is 0 Å². The van der Waals surface area contributed by atoms with Gasteiger partial charge in [0.15, 0.2) is 0 Å². The van der Waals surface area contributed by atoms with E-state index in [9.17, 15) is 0 Å². The van der Waals surface area contributed by atoms with Crippen molar-refractivity contribution in [2.75, 3.05) is 13.1 Å². The fourth-order valence-electron chi connectivity index (χ4n) is 2.86. The Kier molecular flexibility index (Phi) is 5.86. The zero-order chi connectivity index (χ0) is 15.2. The molecular formula is C19H30N2. The quantitative estimate of drug-likeness (QED) is 0.708.